The summed E-state index contributed by atoms with van der Waals surface area (Å²) in [5.41, 5.74) is 3.85. The van der Waals surface area contributed by atoms with Gasteiger partial charge in [-0.3, -0.25) is 9.59 Å². The number of rotatable bonds is 5. The molecule has 1 saturated heterocycles. The molecule has 0 aromatic heterocycles. The molecular weight excluding hydrogens is 350 g/mol. The van der Waals surface area contributed by atoms with Crippen LogP contribution < -0.4 is 10.2 Å². The minimum atomic E-state index is 0.0472. The van der Waals surface area contributed by atoms with Crippen molar-refractivity contribution in [2.45, 2.75) is 27.2 Å². The Kier molecular flexibility index (Phi) is 6.34. The molecule has 2 amide bonds. The molecule has 1 aliphatic rings. The van der Waals surface area contributed by atoms with E-state index in [2.05, 4.69) is 10.2 Å². The fourth-order valence-electron chi connectivity index (χ4n) is 3.38. The van der Waals surface area contributed by atoms with E-state index in [0.29, 0.717) is 25.4 Å². The first-order chi connectivity index (χ1) is 13.4. The van der Waals surface area contributed by atoms with Crippen molar-refractivity contribution < 1.29 is 9.59 Å². The van der Waals surface area contributed by atoms with Gasteiger partial charge in [-0.2, -0.15) is 0 Å². The van der Waals surface area contributed by atoms with Gasteiger partial charge in [-0.1, -0.05) is 31.5 Å². The van der Waals surface area contributed by atoms with E-state index in [0.717, 1.165) is 35.6 Å². The number of hydrogen-bond donors (Lipinski definition) is 1. The van der Waals surface area contributed by atoms with Crippen molar-refractivity contribution in [1.29, 1.82) is 0 Å². The molecule has 5 heteroatoms. The Balaban J connectivity index is 1.54. The predicted molar refractivity (Wildman–Crippen MR) is 114 cm³/mol. The number of amides is 2. The average molecular weight is 380 g/mol. The molecule has 2 aromatic rings. The summed E-state index contributed by atoms with van der Waals surface area (Å²) in [6.45, 7) is 9.11. The van der Waals surface area contributed by atoms with Crippen LogP contribution in [0.3, 0.4) is 0 Å². The Hall–Kier alpha value is -2.82. The zero-order valence-electron chi connectivity index (χ0n) is 16.9. The Morgan fingerprint density at radius 2 is 1.54 bits per heavy atom. The molecule has 1 aliphatic heterocycles. The zero-order chi connectivity index (χ0) is 20.1. The van der Waals surface area contributed by atoms with E-state index in [-0.39, 0.29) is 11.8 Å². The Morgan fingerprint density at radius 1 is 0.929 bits per heavy atom. The fourth-order valence-corrected chi connectivity index (χ4v) is 3.38. The van der Waals surface area contributed by atoms with E-state index in [9.17, 15) is 9.59 Å². The Bertz CT molecular complexity index is 805. The van der Waals surface area contributed by atoms with Crippen LogP contribution in [0, 0.1) is 12.8 Å². The van der Waals surface area contributed by atoms with E-state index in [4.69, 9.17) is 0 Å². The lowest BCUT2D eigenvalue weighted by Crippen LogP contribution is -2.48. The third-order valence-electron chi connectivity index (χ3n) is 4.98. The summed E-state index contributed by atoms with van der Waals surface area (Å²) in [6, 6.07) is 15.7. The maximum Gasteiger partial charge on any atom is 0.253 e. The second-order valence-corrected chi connectivity index (χ2v) is 7.84. The summed E-state index contributed by atoms with van der Waals surface area (Å²) in [6.07, 6.45) is 0.527. The van der Waals surface area contributed by atoms with Gasteiger partial charge in [0.05, 0.1) is 0 Å². The van der Waals surface area contributed by atoms with Crippen molar-refractivity contribution in [2.24, 2.45) is 5.92 Å². The molecule has 3 rings (SSSR count). The van der Waals surface area contributed by atoms with E-state index in [1.165, 1.54) is 0 Å². The van der Waals surface area contributed by atoms with Gasteiger partial charge < -0.3 is 15.1 Å². The van der Waals surface area contributed by atoms with Crippen LogP contribution in [0.15, 0.2) is 48.5 Å². The molecule has 1 N–H and O–H groups in total. The van der Waals surface area contributed by atoms with Crippen molar-refractivity contribution >= 4 is 23.2 Å². The second kappa shape index (κ2) is 8.91. The number of carbonyl (C=O) groups is 2. The molecule has 0 radical (unpaired) electrons. The number of nitrogens with one attached hydrogen (secondary N) is 1. The first-order valence-electron chi connectivity index (χ1n) is 9.93. The van der Waals surface area contributed by atoms with E-state index in [1.807, 2.05) is 74.2 Å². The molecule has 2 aromatic carbocycles. The molecule has 0 bridgehead atoms. The smallest absolute Gasteiger partial charge is 0.253 e. The molecule has 1 fully saturated rings. The maximum absolute atomic E-state index is 12.6. The van der Waals surface area contributed by atoms with Gasteiger partial charge in [0.25, 0.3) is 5.91 Å². The lowest BCUT2D eigenvalue weighted by Gasteiger charge is -2.36. The maximum atomic E-state index is 12.6. The number of nitrogens with zero attached hydrogens (tertiary/aromatic N) is 2. The third kappa shape index (κ3) is 5.12. The molecular formula is C23H29N3O2. The average Bonchev–Trinajstić information content (AvgIpc) is 2.68. The van der Waals surface area contributed by atoms with E-state index >= 15 is 0 Å². The number of benzene rings is 2. The van der Waals surface area contributed by atoms with Crippen LogP contribution in [0.5, 0.6) is 0 Å². The Morgan fingerprint density at radius 3 is 2.11 bits per heavy atom. The standard InChI is InChI=1S/C23H29N3O2/c1-17(2)16-22(27)24-20-8-10-21(11-9-20)25-12-14-26(15-13-25)23(28)19-6-4-18(3)5-7-19/h4-11,17H,12-16H2,1-3H3,(H,24,27). The minimum Gasteiger partial charge on any atom is -0.368 e. The predicted octanol–water partition coefficient (Wildman–Crippen LogP) is 3.94. The summed E-state index contributed by atoms with van der Waals surface area (Å²) in [4.78, 5) is 28.7. The van der Waals surface area contributed by atoms with Crippen molar-refractivity contribution in [1.82, 2.24) is 4.90 Å². The summed E-state index contributed by atoms with van der Waals surface area (Å²) >= 11 is 0. The van der Waals surface area contributed by atoms with Gasteiger partial charge in [0, 0.05) is 49.5 Å². The quantitative estimate of drug-likeness (QED) is 0.856. The number of piperazine rings is 1. The van der Waals surface area contributed by atoms with Crippen LogP contribution in [-0.4, -0.2) is 42.9 Å². The largest absolute Gasteiger partial charge is 0.368 e. The van der Waals surface area contributed by atoms with E-state index in [1.54, 1.807) is 0 Å². The van der Waals surface area contributed by atoms with Crippen LogP contribution in [-0.2, 0) is 4.79 Å². The SMILES string of the molecule is Cc1ccc(C(=O)N2CCN(c3ccc(NC(=O)CC(C)C)cc3)CC2)cc1. The van der Waals surface area contributed by atoms with Gasteiger partial charge in [-0.05, 0) is 49.2 Å². The topological polar surface area (TPSA) is 52.7 Å². The summed E-state index contributed by atoms with van der Waals surface area (Å²) in [5, 5.41) is 2.94. The lowest BCUT2D eigenvalue weighted by atomic mass is 10.1. The highest BCUT2D eigenvalue weighted by Gasteiger charge is 2.22. The molecule has 0 saturated carbocycles. The normalized spacial score (nSPS) is 14.3. The third-order valence-corrected chi connectivity index (χ3v) is 4.98. The molecule has 0 spiro atoms. The van der Waals surface area contributed by atoms with Gasteiger partial charge in [0.2, 0.25) is 5.91 Å². The highest BCUT2D eigenvalue weighted by atomic mass is 16.2. The molecule has 0 aliphatic carbocycles. The fraction of sp³-hybridized carbons (Fsp3) is 0.391. The van der Waals surface area contributed by atoms with Gasteiger partial charge in [0.1, 0.15) is 0 Å². The zero-order valence-corrected chi connectivity index (χ0v) is 16.9. The summed E-state index contributed by atoms with van der Waals surface area (Å²) in [5.74, 6) is 0.493. The number of aryl methyl sites for hydroxylation is 1. The minimum absolute atomic E-state index is 0.0472. The van der Waals surface area contributed by atoms with Crippen LogP contribution in [0.2, 0.25) is 0 Å². The summed E-state index contributed by atoms with van der Waals surface area (Å²) < 4.78 is 0. The van der Waals surface area contributed by atoms with Crippen LogP contribution in [0.4, 0.5) is 11.4 Å². The van der Waals surface area contributed by atoms with Gasteiger partial charge in [0.15, 0.2) is 0 Å². The van der Waals surface area contributed by atoms with Crippen molar-refractivity contribution in [2.75, 3.05) is 36.4 Å². The molecule has 0 atom stereocenters. The second-order valence-electron chi connectivity index (χ2n) is 7.84. The Labute approximate surface area is 167 Å². The lowest BCUT2D eigenvalue weighted by molar-refractivity contribution is -0.116. The number of anilines is 2. The van der Waals surface area contributed by atoms with Gasteiger partial charge in [-0.25, -0.2) is 0 Å². The van der Waals surface area contributed by atoms with Crippen molar-refractivity contribution in [3.05, 3.63) is 59.7 Å². The number of hydrogen-bond acceptors (Lipinski definition) is 3. The van der Waals surface area contributed by atoms with Gasteiger partial charge >= 0.3 is 0 Å². The monoisotopic (exact) mass is 379 g/mol. The summed E-state index contributed by atoms with van der Waals surface area (Å²) in [7, 11) is 0. The van der Waals surface area contributed by atoms with Crippen LogP contribution in [0.25, 0.3) is 0 Å². The van der Waals surface area contributed by atoms with Crippen molar-refractivity contribution in [3.63, 3.8) is 0 Å². The highest BCUT2D eigenvalue weighted by Crippen LogP contribution is 2.20. The van der Waals surface area contributed by atoms with Crippen molar-refractivity contribution in [3.8, 4) is 0 Å². The molecule has 1 heterocycles. The molecule has 28 heavy (non-hydrogen) atoms. The number of carbonyl (C=O) groups excluding carboxylic acids is 2. The molecule has 148 valence electrons. The van der Waals surface area contributed by atoms with Gasteiger partial charge in [-0.15, -0.1) is 0 Å². The molecule has 5 nitrogen and oxygen atoms in total. The van der Waals surface area contributed by atoms with Crippen LogP contribution in [0.1, 0.15) is 36.2 Å². The first-order valence-corrected chi connectivity index (χ1v) is 9.93. The van der Waals surface area contributed by atoms with Crippen LogP contribution >= 0.6 is 0 Å². The highest BCUT2D eigenvalue weighted by molar-refractivity contribution is 5.94. The molecule has 0 unspecified atom stereocenters. The van der Waals surface area contributed by atoms with E-state index < -0.39 is 0 Å². The first kappa shape index (κ1) is 19.9.